The molecule has 0 aliphatic carbocycles. The van der Waals surface area contributed by atoms with Gasteiger partial charge in [-0.05, 0) is 38.8 Å². The second-order valence-electron chi connectivity index (χ2n) is 8.69. The zero-order valence-corrected chi connectivity index (χ0v) is 19.7. The largest absolute Gasteiger partial charge is 0.398 e. The predicted molar refractivity (Wildman–Crippen MR) is 117 cm³/mol. The monoisotopic (exact) mass is 511 g/mol. The van der Waals surface area contributed by atoms with Crippen LogP contribution in [0.25, 0.3) is 5.69 Å². The zero-order chi connectivity index (χ0) is 25.6. The molecule has 0 bridgehead atoms. The average Bonchev–Trinajstić information content (AvgIpc) is 3.51. The maximum absolute atomic E-state index is 14.2. The lowest BCUT2D eigenvalue weighted by Crippen LogP contribution is -2.45. The van der Waals surface area contributed by atoms with Gasteiger partial charge in [-0.1, -0.05) is 17.3 Å². The highest BCUT2D eigenvalue weighted by Crippen LogP contribution is 2.61. The van der Waals surface area contributed by atoms with Crippen molar-refractivity contribution in [1.29, 1.82) is 0 Å². The number of carbonyl (C=O) groups is 1. The quantitative estimate of drug-likeness (QED) is 0.424. The molecule has 3 atom stereocenters. The van der Waals surface area contributed by atoms with E-state index in [4.69, 9.17) is 14.3 Å². The van der Waals surface area contributed by atoms with Crippen LogP contribution in [0.1, 0.15) is 54.4 Å². The smallest absolute Gasteiger partial charge is 0.376 e. The van der Waals surface area contributed by atoms with E-state index in [0.29, 0.717) is 31.0 Å². The van der Waals surface area contributed by atoms with Crippen LogP contribution in [0.2, 0.25) is 0 Å². The van der Waals surface area contributed by atoms with Crippen molar-refractivity contribution >= 4 is 13.5 Å². The van der Waals surface area contributed by atoms with Gasteiger partial charge < -0.3 is 24.3 Å². The van der Waals surface area contributed by atoms with Gasteiger partial charge >= 0.3 is 13.3 Å². The van der Waals surface area contributed by atoms with Crippen LogP contribution in [0.4, 0.5) is 8.78 Å². The normalized spacial score (nSPS) is 21.1. The molecular weight excluding hydrogens is 487 g/mol. The summed E-state index contributed by atoms with van der Waals surface area (Å²) in [6.45, 7) is 2.63. The first-order valence-corrected chi connectivity index (χ1v) is 12.4. The first kappa shape index (κ1) is 25.1. The van der Waals surface area contributed by atoms with Crippen molar-refractivity contribution in [2.24, 2.45) is 0 Å². The molecule has 14 heteroatoms. The summed E-state index contributed by atoms with van der Waals surface area (Å²) in [6, 6.07) is 7.77. The van der Waals surface area contributed by atoms with Crippen molar-refractivity contribution in [2.75, 3.05) is 6.54 Å². The van der Waals surface area contributed by atoms with Gasteiger partial charge in [0.25, 0.3) is 5.91 Å². The number of alkyl halides is 2. The summed E-state index contributed by atoms with van der Waals surface area (Å²) in [5.74, 6) is -1.48. The summed E-state index contributed by atoms with van der Waals surface area (Å²) >= 11 is 0. The van der Waals surface area contributed by atoms with Crippen molar-refractivity contribution in [2.45, 2.75) is 49.9 Å². The highest BCUT2D eigenvalue weighted by Gasteiger charge is 2.65. The number of aromatic nitrogens is 4. The van der Waals surface area contributed by atoms with E-state index >= 15 is 0 Å². The number of rotatable bonds is 6. The maximum Gasteiger partial charge on any atom is 0.398 e. The minimum atomic E-state index is -6.01. The molecular formula is C21H24F2N5O6P. The summed E-state index contributed by atoms with van der Waals surface area (Å²) in [5, 5.41) is 22.2. The first-order chi connectivity index (χ1) is 16.3. The van der Waals surface area contributed by atoms with Crippen LogP contribution in [-0.2, 0) is 10.2 Å². The van der Waals surface area contributed by atoms with Crippen LogP contribution in [0, 0.1) is 0 Å². The molecule has 1 amide bonds. The molecule has 1 unspecified atom stereocenters. The van der Waals surface area contributed by atoms with E-state index in [1.807, 2.05) is 6.92 Å². The van der Waals surface area contributed by atoms with Gasteiger partial charge in [-0.3, -0.25) is 9.36 Å². The standard InChI is InChI=1S/C21H24F2N5O6P/c1-13-7-8-14(16-11-18(34-26-16)20(2,30)21(22,23)35(31,32)33)12-27(13)19(29)15-5-3-4-6-17(15)28-24-9-10-25-28/h3-6,9-11,13-14,30H,7-8,12H2,1-2H3,(H2,31,32,33)/t13-,14-,20?/m1/s1. The number of hydrogen-bond acceptors (Lipinski definition) is 7. The van der Waals surface area contributed by atoms with Gasteiger partial charge in [-0.2, -0.15) is 23.8 Å². The van der Waals surface area contributed by atoms with E-state index in [0.717, 1.165) is 6.07 Å². The molecule has 0 radical (unpaired) electrons. The Morgan fingerprint density at radius 3 is 2.51 bits per heavy atom. The van der Waals surface area contributed by atoms with Gasteiger partial charge in [0.1, 0.15) is 0 Å². The molecule has 1 saturated heterocycles. The fourth-order valence-electron chi connectivity index (χ4n) is 4.10. The highest BCUT2D eigenvalue weighted by molar-refractivity contribution is 7.53. The number of benzene rings is 1. The fraction of sp³-hybridized carbons (Fsp3) is 0.429. The number of halogens is 2. The number of amides is 1. The van der Waals surface area contributed by atoms with E-state index in [1.54, 1.807) is 29.2 Å². The molecule has 2 aromatic heterocycles. The Balaban J connectivity index is 1.59. The second kappa shape index (κ2) is 8.90. The number of likely N-dealkylation sites (tertiary alicyclic amines) is 1. The Morgan fingerprint density at radius 1 is 1.20 bits per heavy atom. The van der Waals surface area contributed by atoms with Crippen molar-refractivity contribution in [3.63, 3.8) is 0 Å². The van der Waals surface area contributed by atoms with Crippen molar-refractivity contribution in [3.8, 4) is 5.69 Å². The van der Waals surface area contributed by atoms with Crippen LogP contribution in [0.5, 0.6) is 0 Å². The van der Waals surface area contributed by atoms with Gasteiger partial charge in [0.2, 0.25) is 0 Å². The highest BCUT2D eigenvalue weighted by atomic mass is 31.2. The SMILES string of the molecule is C[C@@H]1CC[C@@H](c2cc(C(C)(O)C(F)(F)P(=O)(O)O)on2)CN1C(=O)c1ccccc1-n1nccn1. The summed E-state index contributed by atoms with van der Waals surface area (Å²) in [5.41, 5.74) is -7.04. The third-order valence-electron chi connectivity index (χ3n) is 6.29. The van der Waals surface area contributed by atoms with E-state index in [1.165, 1.54) is 17.2 Å². The third-order valence-corrected chi connectivity index (χ3v) is 7.46. The molecule has 3 N–H and O–H groups in total. The van der Waals surface area contributed by atoms with Crippen LogP contribution >= 0.6 is 7.60 Å². The Hall–Kier alpha value is -2.99. The van der Waals surface area contributed by atoms with Gasteiger partial charge in [0.15, 0.2) is 11.4 Å². The van der Waals surface area contributed by atoms with Gasteiger partial charge in [-0.15, -0.1) is 0 Å². The number of aliphatic hydroxyl groups is 1. The van der Waals surface area contributed by atoms with E-state index in [-0.39, 0.29) is 24.2 Å². The van der Waals surface area contributed by atoms with Crippen molar-refractivity contribution in [1.82, 2.24) is 25.1 Å². The van der Waals surface area contributed by atoms with Gasteiger partial charge in [0, 0.05) is 24.6 Å². The molecule has 35 heavy (non-hydrogen) atoms. The summed E-state index contributed by atoms with van der Waals surface area (Å²) < 4.78 is 44.6. The Labute approximate surface area is 198 Å². The number of hydrogen-bond donors (Lipinski definition) is 3. The van der Waals surface area contributed by atoms with Gasteiger partial charge in [0.05, 0.1) is 29.3 Å². The van der Waals surface area contributed by atoms with E-state index in [9.17, 15) is 23.2 Å². The molecule has 1 fully saturated rings. The number of nitrogens with zero attached hydrogens (tertiary/aromatic N) is 5. The van der Waals surface area contributed by atoms with E-state index in [2.05, 4.69) is 15.4 Å². The molecule has 3 aromatic rings. The van der Waals surface area contributed by atoms with Crippen molar-refractivity contribution in [3.05, 3.63) is 59.7 Å². The van der Waals surface area contributed by atoms with Crippen LogP contribution < -0.4 is 0 Å². The molecule has 3 heterocycles. The third kappa shape index (κ3) is 4.40. The second-order valence-corrected chi connectivity index (χ2v) is 10.3. The molecule has 1 aliphatic heterocycles. The lowest BCUT2D eigenvalue weighted by atomic mass is 9.89. The lowest BCUT2D eigenvalue weighted by Gasteiger charge is -2.37. The number of para-hydroxylation sites is 1. The fourth-order valence-corrected chi connectivity index (χ4v) is 4.78. The molecule has 11 nitrogen and oxygen atoms in total. The Bertz CT molecular complexity index is 1260. The summed E-state index contributed by atoms with van der Waals surface area (Å²) in [6.07, 6.45) is 4.12. The molecule has 188 valence electrons. The topological polar surface area (TPSA) is 155 Å². The van der Waals surface area contributed by atoms with Crippen LogP contribution in [-0.4, -0.2) is 64.1 Å². The molecule has 1 aromatic carbocycles. The lowest BCUT2D eigenvalue weighted by molar-refractivity contribution is -0.144. The molecule has 1 aliphatic rings. The first-order valence-electron chi connectivity index (χ1n) is 10.7. The predicted octanol–water partition coefficient (Wildman–Crippen LogP) is 2.64. The Morgan fingerprint density at radius 2 is 1.86 bits per heavy atom. The average molecular weight is 511 g/mol. The molecule has 0 spiro atoms. The summed E-state index contributed by atoms with van der Waals surface area (Å²) in [7, 11) is -6.01. The van der Waals surface area contributed by atoms with Crippen molar-refractivity contribution < 1.29 is 37.6 Å². The maximum atomic E-state index is 14.2. The minimum Gasteiger partial charge on any atom is -0.376 e. The Kier molecular flexibility index (Phi) is 6.39. The molecule has 4 rings (SSSR count). The minimum absolute atomic E-state index is 0.133. The van der Waals surface area contributed by atoms with Crippen LogP contribution in [0.15, 0.2) is 47.2 Å². The van der Waals surface area contributed by atoms with E-state index < -0.39 is 30.5 Å². The zero-order valence-electron chi connectivity index (χ0n) is 18.8. The molecule has 0 saturated carbocycles. The van der Waals surface area contributed by atoms with Gasteiger partial charge in [-0.25, -0.2) is 0 Å². The summed E-state index contributed by atoms with van der Waals surface area (Å²) in [4.78, 5) is 34.5. The van der Waals surface area contributed by atoms with Crippen LogP contribution in [0.3, 0.4) is 0 Å². The number of carbonyl (C=O) groups excluding carboxylic acids is 1. The number of piperidine rings is 1.